The molecule has 0 amide bonds. The zero-order chi connectivity index (χ0) is 28.1. The predicted octanol–water partition coefficient (Wildman–Crippen LogP) is 7.26. The van der Waals surface area contributed by atoms with Crippen molar-refractivity contribution in [1.82, 2.24) is 9.97 Å². The molecule has 0 saturated heterocycles. The molecule has 11 heteroatoms. The summed E-state index contributed by atoms with van der Waals surface area (Å²) in [5, 5.41) is 0. The van der Waals surface area contributed by atoms with Crippen molar-refractivity contribution in [2.24, 2.45) is 0 Å². The summed E-state index contributed by atoms with van der Waals surface area (Å²) < 4.78 is 75.8. The molecule has 4 rings (SSSR count). The van der Waals surface area contributed by atoms with Crippen molar-refractivity contribution in [3.05, 3.63) is 96.3 Å². The van der Waals surface area contributed by atoms with Crippen LogP contribution in [0.3, 0.4) is 0 Å². The normalized spacial score (nSPS) is 11.1. The third kappa shape index (κ3) is 8.82. The van der Waals surface area contributed by atoms with Crippen molar-refractivity contribution in [3.8, 4) is 22.5 Å². The molecule has 208 valence electrons. The van der Waals surface area contributed by atoms with Crippen molar-refractivity contribution in [2.75, 3.05) is 38.0 Å². The first-order valence-electron chi connectivity index (χ1n) is 11.2. The fraction of sp³-hybridized carbons (Fsp3) is 0.214. The second-order valence-corrected chi connectivity index (χ2v) is 8.54. The second kappa shape index (κ2) is 13.1. The van der Waals surface area contributed by atoms with Gasteiger partial charge in [0.15, 0.2) is 0 Å². The Bertz CT molecular complexity index is 1270. The second-order valence-electron chi connectivity index (χ2n) is 8.54. The quantitative estimate of drug-likeness (QED) is 0.164. The Morgan fingerprint density at radius 3 is 1.26 bits per heavy atom. The number of aromatic nitrogens is 2. The Hall–Kier alpha value is -3.39. The van der Waals surface area contributed by atoms with Crippen molar-refractivity contribution in [2.45, 2.75) is 12.4 Å². The molecule has 0 N–H and O–H groups in total. The van der Waals surface area contributed by atoms with Crippen LogP contribution in [0, 0.1) is 12.1 Å². The summed E-state index contributed by atoms with van der Waals surface area (Å²) in [5.41, 5.74) is 1.77. The third-order valence-electron chi connectivity index (χ3n) is 5.27. The van der Waals surface area contributed by atoms with E-state index < -0.39 is 23.5 Å². The van der Waals surface area contributed by atoms with E-state index in [1.54, 1.807) is 48.8 Å². The van der Waals surface area contributed by atoms with Crippen LogP contribution >= 0.6 is 0 Å². The molecule has 2 heterocycles. The first-order chi connectivity index (χ1) is 17.8. The molecule has 0 spiro atoms. The van der Waals surface area contributed by atoms with Crippen LogP contribution in [-0.4, -0.2) is 38.2 Å². The molecule has 0 unspecified atom stereocenters. The number of anilines is 2. The van der Waals surface area contributed by atoms with Crippen LogP contribution in [0.1, 0.15) is 11.1 Å². The van der Waals surface area contributed by atoms with Gasteiger partial charge in [-0.15, -0.1) is 59.7 Å². The van der Waals surface area contributed by atoms with Gasteiger partial charge in [-0.2, -0.15) is 26.3 Å². The zero-order valence-corrected chi connectivity index (χ0v) is 23.6. The van der Waals surface area contributed by atoms with E-state index in [0.29, 0.717) is 22.5 Å². The van der Waals surface area contributed by atoms with Gasteiger partial charge in [-0.25, -0.2) is 0 Å². The number of hydrogen-bond acceptors (Lipinski definition) is 4. The minimum Gasteiger partial charge on any atom is -0.378 e. The molecular formula is C28H24F6N4Pt. The first kappa shape index (κ1) is 31.8. The molecular weight excluding hydrogens is 701 g/mol. The zero-order valence-electron chi connectivity index (χ0n) is 21.3. The van der Waals surface area contributed by atoms with Gasteiger partial charge in [0, 0.05) is 52.0 Å². The van der Waals surface area contributed by atoms with Gasteiger partial charge < -0.3 is 19.8 Å². The summed E-state index contributed by atoms with van der Waals surface area (Å²) >= 11 is 0. The minimum atomic E-state index is -4.39. The molecule has 2 aromatic heterocycles. The molecule has 0 aliphatic carbocycles. The standard InChI is InChI=1S/2C14H12F3N2.Pt/c2*1-19(2)12-6-7-18-13(9-12)10-4-3-5-11(8-10)14(15,16)17;/h2*3-7,9H,1-2H3;/q2*-1;+2. The number of benzene rings is 2. The number of rotatable bonds is 4. The van der Waals surface area contributed by atoms with Crippen LogP contribution in [0.2, 0.25) is 0 Å². The van der Waals surface area contributed by atoms with Gasteiger partial charge in [0.1, 0.15) is 0 Å². The van der Waals surface area contributed by atoms with E-state index >= 15 is 0 Å². The maximum Gasteiger partial charge on any atom is 2.00 e. The molecule has 4 nitrogen and oxygen atoms in total. The molecule has 0 aliphatic rings. The maximum absolute atomic E-state index is 12.6. The topological polar surface area (TPSA) is 32.3 Å². The number of halogens is 6. The minimum absolute atomic E-state index is 0. The Labute approximate surface area is 237 Å². The fourth-order valence-electron chi connectivity index (χ4n) is 3.26. The van der Waals surface area contributed by atoms with E-state index in [1.165, 1.54) is 12.1 Å². The van der Waals surface area contributed by atoms with Gasteiger partial charge >= 0.3 is 33.4 Å². The molecule has 0 saturated carbocycles. The van der Waals surface area contributed by atoms with Crippen LogP contribution in [0.4, 0.5) is 37.7 Å². The number of alkyl halides is 6. The smallest absolute Gasteiger partial charge is 0.378 e. The van der Waals surface area contributed by atoms with E-state index in [2.05, 4.69) is 22.1 Å². The van der Waals surface area contributed by atoms with Crippen LogP contribution in [0.25, 0.3) is 22.5 Å². The molecule has 39 heavy (non-hydrogen) atoms. The van der Waals surface area contributed by atoms with Crippen molar-refractivity contribution in [1.29, 1.82) is 0 Å². The maximum atomic E-state index is 12.6. The van der Waals surface area contributed by atoms with Crippen molar-refractivity contribution < 1.29 is 47.4 Å². The SMILES string of the molecule is CN(C)c1ccnc(-c2[c-]c(C(F)(F)F)ccc2)c1.CN(C)c1ccnc(-c2[c-]c(C(F)(F)F)ccc2)c1.[Pt+2]. The predicted molar refractivity (Wildman–Crippen MR) is 136 cm³/mol. The average molecular weight is 726 g/mol. The van der Waals surface area contributed by atoms with E-state index in [-0.39, 0.29) is 21.1 Å². The van der Waals surface area contributed by atoms with Gasteiger partial charge in [-0.3, -0.25) is 0 Å². The van der Waals surface area contributed by atoms with Crippen LogP contribution in [-0.2, 0) is 33.4 Å². The monoisotopic (exact) mass is 725 g/mol. The average Bonchev–Trinajstić information content (AvgIpc) is 2.88. The number of pyridine rings is 2. The van der Waals surface area contributed by atoms with E-state index in [4.69, 9.17) is 0 Å². The number of hydrogen-bond donors (Lipinski definition) is 0. The Balaban J connectivity index is 0.000000267. The van der Waals surface area contributed by atoms with E-state index in [1.807, 2.05) is 38.0 Å². The summed E-state index contributed by atoms with van der Waals surface area (Å²) in [6.07, 6.45) is -5.65. The van der Waals surface area contributed by atoms with Crippen LogP contribution in [0.5, 0.6) is 0 Å². The van der Waals surface area contributed by atoms with Crippen LogP contribution < -0.4 is 9.80 Å². The van der Waals surface area contributed by atoms with E-state index in [0.717, 1.165) is 23.5 Å². The molecule has 2 aromatic carbocycles. The Morgan fingerprint density at radius 2 is 0.949 bits per heavy atom. The molecule has 0 aliphatic heterocycles. The molecule has 0 bridgehead atoms. The fourth-order valence-corrected chi connectivity index (χ4v) is 3.26. The van der Waals surface area contributed by atoms with Gasteiger partial charge in [0.05, 0.1) is 0 Å². The van der Waals surface area contributed by atoms with Crippen LogP contribution in [0.15, 0.2) is 73.1 Å². The molecule has 0 fully saturated rings. The third-order valence-corrected chi connectivity index (χ3v) is 5.27. The van der Waals surface area contributed by atoms with Crippen molar-refractivity contribution >= 4 is 11.4 Å². The number of nitrogens with zero attached hydrogens (tertiary/aromatic N) is 4. The van der Waals surface area contributed by atoms with Gasteiger partial charge in [-0.05, 0) is 34.6 Å². The summed E-state index contributed by atoms with van der Waals surface area (Å²) in [4.78, 5) is 11.9. The molecule has 0 radical (unpaired) electrons. The first-order valence-corrected chi connectivity index (χ1v) is 11.2. The Morgan fingerprint density at radius 1 is 0.590 bits per heavy atom. The van der Waals surface area contributed by atoms with Gasteiger partial charge in [0.25, 0.3) is 0 Å². The summed E-state index contributed by atoms with van der Waals surface area (Å²) in [6, 6.07) is 19.6. The van der Waals surface area contributed by atoms with Gasteiger partial charge in [-0.1, -0.05) is 12.1 Å². The van der Waals surface area contributed by atoms with Crippen molar-refractivity contribution in [3.63, 3.8) is 0 Å². The summed E-state index contributed by atoms with van der Waals surface area (Å²) in [5.74, 6) is 0. The van der Waals surface area contributed by atoms with Gasteiger partial charge in [0.2, 0.25) is 0 Å². The molecule has 4 aromatic rings. The summed E-state index contributed by atoms with van der Waals surface area (Å²) in [7, 11) is 7.42. The largest absolute Gasteiger partial charge is 2.00 e. The van der Waals surface area contributed by atoms with E-state index in [9.17, 15) is 26.3 Å². The summed E-state index contributed by atoms with van der Waals surface area (Å²) in [6.45, 7) is 0. The molecule has 0 atom stereocenters. The Kier molecular flexibility index (Phi) is 10.7.